The van der Waals surface area contributed by atoms with Gasteiger partial charge < -0.3 is 9.80 Å². The van der Waals surface area contributed by atoms with Crippen molar-refractivity contribution in [2.45, 2.75) is 19.8 Å². The van der Waals surface area contributed by atoms with Crippen molar-refractivity contribution in [3.8, 4) is 0 Å². The predicted octanol–water partition coefficient (Wildman–Crippen LogP) is 2.46. The molecule has 3 aliphatic rings. The van der Waals surface area contributed by atoms with Gasteiger partial charge in [0.05, 0.1) is 0 Å². The van der Waals surface area contributed by atoms with E-state index < -0.39 is 0 Å². The number of hydrogen-bond donors (Lipinski definition) is 0. The fourth-order valence-corrected chi connectivity index (χ4v) is 4.96. The first-order chi connectivity index (χ1) is 10.6. The second kappa shape index (κ2) is 5.54. The van der Waals surface area contributed by atoms with E-state index in [1.54, 1.807) is 0 Å². The highest BCUT2D eigenvalue weighted by atomic mass is 15.3. The molecule has 2 saturated heterocycles. The van der Waals surface area contributed by atoms with Gasteiger partial charge in [-0.2, -0.15) is 0 Å². The molecule has 0 N–H and O–H groups in total. The molecule has 3 heteroatoms. The van der Waals surface area contributed by atoms with Crippen molar-refractivity contribution < 1.29 is 0 Å². The lowest BCUT2D eigenvalue weighted by Gasteiger charge is -2.59. The van der Waals surface area contributed by atoms with Crippen LogP contribution in [0.2, 0.25) is 0 Å². The average molecular weight is 299 g/mol. The molecule has 0 bridgehead atoms. The Hall–Kier alpha value is -1.06. The zero-order chi connectivity index (χ0) is 15.2. The summed E-state index contributed by atoms with van der Waals surface area (Å²) < 4.78 is 0. The molecule has 1 aromatic carbocycles. The van der Waals surface area contributed by atoms with Gasteiger partial charge in [-0.3, -0.25) is 4.90 Å². The van der Waals surface area contributed by atoms with Gasteiger partial charge in [0.2, 0.25) is 0 Å². The molecule has 4 rings (SSSR count). The molecule has 120 valence electrons. The summed E-state index contributed by atoms with van der Waals surface area (Å²) in [5.74, 6) is 0.972. The highest BCUT2D eigenvalue weighted by Gasteiger charge is 2.50. The Morgan fingerprint density at radius 1 is 1.00 bits per heavy atom. The van der Waals surface area contributed by atoms with Gasteiger partial charge in [0.15, 0.2) is 0 Å². The Bertz CT molecular complexity index is 502. The summed E-state index contributed by atoms with van der Waals surface area (Å²) in [7, 11) is 2.25. The molecule has 2 heterocycles. The lowest BCUT2D eigenvalue weighted by Crippen LogP contribution is -2.62. The van der Waals surface area contributed by atoms with Gasteiger partial charge in [-0.15, -0.1) is 0 Å². The van der Waals surface area contributed by atoms with Crippen LogP contribution >= 0.6 is 0 Å². The zero-order valence-electron chi connectivity index (χ0n) is 14.1. The Morgan fingerprint density at radius 3 is 2.23 bits per heavy atom. The summed E-state index contributed by atoms with van der Waals surface area (Å²) in [4.78, 5) is 7.71. The lowest BCUT2D eigenvalue weighted by molar-refractivity contribution is -0.0888. The van der Waals surface area contributed by atoms with Crippen molar-refractivity contribution in [2.75, 3.05) is 57.8 Å². The highest BCUT2D eigenvalue weighted by Crippen LogP contribution is 2.51. The molecule has 1 aliphatic carbocycles. The van der Waals surface area contributed by atoms with Crippen LogP contribution in [0.5, 0.6) is 0 Å². The summed E-state index contributed by atoms with van der Waals surface area (Å²) in [6.07, 6.45) is 2.96. The highest BCUT2D eigenvalue weighted by molar-refractivity contribution is 5.47. The van der Waals surface area contributed by atoms with Crippen molar-refractivity contribution >= 4 is 5.69 Å². The number of benzene rings is 1. The van der Waals surface area contributed by atoms with Gasteiger partial charge in [-0.25, -0.2) is 0 Å². The molecule has 1 spiro atoms. The smallest absolute Gasteiger partial charge is 0.0367 e. The molecule has 0 amide bonds. The van der Waals surface area contributed by atoms with E-state index in [2.05, 4.69) is 52.9 Å². The van der Waals surface area contributed by atoms with Crippen molar-refractivity contribution in [1.29, 1.82) is 0 Å². The van der Waals surface area contributed by atoms with Crippen LogP contribution in [0.4, 0.5) is 5.69 Å². The van der Waals surface area contributed by atoms with Gasteiger partial charge in [-0.05, 0) is 50.3 Å². The minimum Gasteiger partial charge on any atom is -0.369 e. The Morgan fingerprint density at radius 2 is 1.64 bits per heavy atom. The van der Waals surface area contributed by atoms with E-state index in [1.165, 1.54) is 69.9 Å². The minimum atomic E-state index is 0.739. The monoisotopic (exact) mass is 299 g/mol. The second-order valence-electron chi connectivity index (χ2n) is 8.07. The van der Waals surface area contributed by atoms with Crippen LogP contribution in [0.3, 0.4) is 0 Å². The van der Waals surface area contributed by atoms with Crippen LogP contribution in [0, 0.1) is 18.3 Å². The quantitative estimate of drug-likeness (QED) is 0.849. The standard InChI is InChI=1S/C19H29N3/c1-16-3-5-18(6-4-16)22-9-7-21(8-10-22)13-17-11-19(12-17)14-20(2)15-19/h3-6,17H,7-15H2,1-2H3. The first kappa shape index (κ1) is 14.5. The number of nitrogens with zero attached hydrogens (tertiary/aromatic N) is 3. The molecule has 2 aliphatic heterocycles. The van der Waals surface area contributed by atoms with Crippen molar-refractivity contribution in [3.05, 3.63) is 29.8 Å². The number of hydrogen-bond acceptors (Lipinski definition) is 3. The molecule has 3 nitrogen and oxygen atoms in total. The largest absolute Gasteiger partial charge is 0.369 e. The number of likely N-dealkylation sites (tertiary alicyclic amines) is 1. The normalized spacial score (nSPS) is 26.0. The molecule has 0 atom stereocenters. The van der Waals surface area contributed by atoms with Crippen LogP contribution in [0.1, 0.15) is 18.4 Å². The Kier molecular flexibility index (Phi) is 3.66. The summed E-state index contributed by atoms with van der Waals surface area (Å²) in [6, 6.07) is 9.00. The minimum absolute atomic E-state index is 0.739. The third-order valence-electron chi connectivity index (χ3n) is 5.94. The molecule has 3 fully saturated rings. The Balaban J connectivity index is 1.22. The van der Waals surface area contributed by atoms with Crippen molar-refractivity contribution in [3.63, 3.8) is 0 Å². The maximum Gasteiger partial charge on any atom is 0.0367 e. The number of piperazine rings is 1. The third-order valence-corrected chi connectivity index (χ3v) is 5.94. The molecule has 0 aromatic heterocycles. The van der Waals surface area contributed by atoms with E-state index in [0.29, 0.717) is 0 Å². The summed E-state index contributed by atoms with van der Waals surface area (Å²) in [5.41, 5.74) is 3.48. The summed E-state index contributed by atoms with van der Waals surface area (Å²) >= 11 is 0. The third kappa shape index (κ3) is 2.77. The van der Waals surface area contributed by atoms with Crippen LogP contribution in [-0.2, 0) is 0 Å². The maximum absolute atomic E-state index is 2.70. The maximum atomic E-state index is 2.70. The second-order valence-corrected chi connectivity index (χ2v) is 8.07. The number of anilines is 1. The number of rotatable bonds is 3. The van der Waals surface area contributed by atoms with E-state index in [-0.39, 0.29) is 0 Å². The van der Waals surface area contributed by atoms with Gasteiger partial charge >= 0.3 is 0 Å². The SMILES string of the molecule is Cc1ccc(N2CCN(CC3CC4(C3)CN(C)C4)CC2)cc1. The molecule has 1 aromatic rings. The van der Waals surface area contributed by atoms with E-state index in [0.717, 1.165) is 11.3 Å². The van der Waals surface area contributed by atoms with Crippen LogP contribution in [-0.4, -0.2) is 62.7 Å². The van der Waals surface area contributed by atoms with Gasteiger partial charge in [0.1, 0.15) is 0 Å². The first-order valence-electron chi connectivity index (χ1n) is 8.84. The van der Waals surface area contributed by atoms with Crippen LogP contribution < -0.4 is 4.90 Å². The predicted molar refractivity (Wildman–Crippen MR) is 92.5 cm³/mol. The van der Waals surface area contributed by atoms with Gasteiger partial charge in [-0.1, -0.05) is 17.7 Å². The van der Waals surface area contributed by atoms with E-state index in [4.69, 9.17) is 0 Å². The van der Waals surface area contributed by atoms with Gasteiger partial charge in [0.25, 0.3) is 0 Å². The van der Waals surface area contributed by atoms with Crippen molar-refractivity contribution in [2.24, 2.45) is 11.3 Å². The Labute approximate surface area is 134 Å². The lowest BCUT2D eigenvalue weighted by atomic mass is 9.58. The fourth-order valence-electron chi connectivity index (χ4n) is 4.96. The molecule has 0 unspecified atom stereocenters. The van der Waals surface area contributed by atoms with E-state index >= 15 is 0 Å². The fraction of sp³-hybridized carbons (Fsp3) is 0.684. The van der Waals surface area contributed by atoms with Crippen LogP contribution in [0.25, 0.3) is 0 Å². The topological polar surface area (TPSA) is 9.72 Å². The molecular weight excluding hydrogens is 270 g/mol. The molecule has 22 heavy (non-hydrogen) atoms. The zero-order valence-corrected chi connectivity index (χ0v) is 14.1. The van der Waals surface area contributed by atoms with E-state index in [1.807, 2.05) is 0 Å². The molecular formula is C19H29N3. The molecule has 1 saturated carbocycles. The van der Waals surface area contributed by atoms with E-state index in [9.17, 15) is 0 Å². The summed E-state index contributed by atoms with van der Waals surface area (Å²) in [6.45, 7) is 11.0. The van der Waals surface area contributed by atoms with Crippen molar-refractivity contribution in [1.82, 2.24) is 9.80 Å². The van der Waals surface area contributed by atoms with Crippen LogP contribution in [0.15, 0.2) is 24.3 Å². The molecule has 0 radical (unpaired) electrons. The first-order valence-corrected chi connectivity index (χ1v) is 8.84. The average Bonchev–Trinajstić information content (AvgIpc) is 2.45. The summed E-state index contributed by atoms with van der Waals surface area (Å²) in [5, 5.41) is 0. The number of aryl methyl sites for hydroxylation is 1. The van der Waals surface area contributed by atoms with Gasteiger partial charge in [0, 0.05) is 51.5 Å².